The first-order chi connectivity index (χ1) is 12.1. The van der Waals surface area contributed by atoms with Gasteiger partial charge in [0.1, 0.15) is 5.75 Å². The average Bonchev–Trinajstić information content (AvgIpc) is 2.61. The predicted molar refractivity (Wildman–Crippen MR) is 98.8 cm³/mol. The lowest BCUT2D eigenvalue weighted by Crippen LogP contribution is -2.15. The predicted octanol–water partition coefficient (Wildman–Crippen LogP) is 3.79. The van der Waals surface area contributed by atoms with Gasteiger partial charge in [0.05, 0.1) is 27.4 Å². The van der Waals surface area contributed by atoms with Crippen molar-refractivity contribution in [1.82, 2.24) is 5.32 Å². The zero-order valence-electron chi connectivity index (χ0n) is 15.6. The molecule has 0 amide bonds. The standard InChI is InChI=1S/C20H27NO4/c1-14(2)25-17-9-7-6-8-16(17)13-21-12-15-10-18(22-3)20(24-5)19(11-15)23-4/h6-11,14,21H,12-13H2,1-5H3. The fraction of sp³-hybridized carbons (Fsp3) is 0.400. The molecule has 0 unspecified atom stereocenters. The van der Waals surface area contributed by atoms with E-state index in [1.54, 1.807) is 21.3 Å². The van der Waals surface area contributed by atoms with E-state index in [0.29, 0.717) is 30.3 Å². The molecule has 0 aliphatic rings. The van der Waals surface area contributed by atoms with Gasteiger partial charge >= 0.3 is 0 Å². The number of ether oxygens (including phenoxy) is 4. The van der Waals surface area contributed by atoms with E-state index in [1.165, 1.54) is 0 Å². The third kappa shape index (κ3) is 5.03. The highest BCUT2D eigenvalue weighted by Gasteiger charge is 2.13. The average molecular weight is 345 g/mol. The Bertz CT molecular complexity index is 660. The molecule has 0 aliphatic carbocycles. The quantitative estimate of drug-likeness (QED) is 0.749. The molecule has 0 atom stereocenters. The summed E-state index contributed by atoms with van der Waals surface area (Å²) in [6, 6.07) is 12.0. The summed E-state index contributed by atoms with van der Waals surface area (Å²) in [5.74, 6) is 2.82. The van der Waals surface area contributed by atoms with Crippen molar-refractivity contribution in [2.75, 3.05) is 21.3 Å². The Balaban J connectivity index is 2.07. The lowest BCUT2D eigenvalue weighted by molar-refractivity contribution is 0.239. The highest BCUT2D eigenvalue weighted by Crippen LogP contribution is 2.38. The van der Waals surface area contributed by atoms with Crippen molar-refractivity contribution in [3.05, 3.63) is 47.5 Å². The maximum Gasteiger partial charge on any atom is 0.203 e. The number of para-hydroxylation sites is 1. The van der Waals surface area contributed by atoms with Gasteiger partial charge in [-0.3, -0.25) is 0 Å². The molecule has 0 saturated carbocycles. The minimum absolute atomic E-state index is 0.149. The molecule has 25 heavy (non-hydrogen) atoms. The molecule has 136 valence electrons. The van der Waals surface area contributed by atoms with Crippen LogP contribution in [0.25, 0.3) is 0 Å². The second-order valence-electron chi connectivity index (χ2n) is 5.91. The third-order valence-corrected chi connectivity index (χ3v) is 3.70. The van der Waals surface area contributed by atoms with Crippen LogP contribution in [0.1, 0.15) is 25.0 Å². The molecule has 0 aromatic heterocycles. The van der Waals surface area contributed by atoms with E-state index in [-0.39, 0.29) is 6.10 Å². The second-order valence-corrected chi connectivity index (χ2v) is 5.91. The van der Waals surface area contributed by atoms with E-state index in [1.807, 2.05) is 44.2 Å². The highest BCUT2D eigenvalue weighted by atomic mass is 16.5. The largest absolute Gasteiger partial charge is 0.493 e. The summed E-state index contributed by atoms with van der Waals surface area (Å²) in [5.41, 5.74) is 2.18. The Morgan fingerprint density at radius 2 is 1.48 bits per heavy atom. The molecule has 0 aliphatic heterocycles. The minimum Gasteiger partial charge on any atom is -0.493 e. The van der Waals surface area contributed by atoms with Crippen LogP contribution in [0.4, 0.5) is 0 Å². The van der Waals surface area contributed by atoms with Crippen LogP contribution in [0.2, 0.25) is 0 Å². The molecule has 0 spiro atoms. The molecule has 1 N–H and O–H groups in total. The van der Waals surface area contributed by atoms with Gasteiger partial charge in [0, 0.05) is 18.7 Å². The molecule has 5 heteroatoms. The minimum atomic E-state index is 0.149. The summed E-state index contributed by atoms with van der Waals surface area (Å²) < 4.78 is 22.0. The van der Waals surface area contributed by atoms with Gasteiger partial charge < -0.3 is 24.3 Å². The monoisotopic (exact) mass is 345 g/mol. The van der Waals surface area contributed by atoms with Gasteiger partial charge in [0.25, 0.3) is 0 Å². The molecule has 5 nitrogen and oxygen atoms in total. The summed E-state index contributed by atoms with van der Waals surface area (Å²) in [4.78, 5) is 0. The second kappa shape index (κ2) is 9.18. The fourth-order valence-electron chi connectivity index (χ4n) is 2.60. The summed E-state index contributed by atoms with van der Waals surface area (Å²) in [6.45, 7) is 5.44. The summed E-state index contributed by atoms with van der Waals surface area (Å²) in [5, 5.41) is 3.44. The van der Waals surface area contributed by atoms with E-state index in [9.17, 15) is 0 Å². The Morgan fingerprint density at radius 1 is 0.840 bits per heavy atom. The number of rotatable bonds is 9. The van der Waals surface area contributed by atoms with Crippen LogP contribution in [0.15, 0.2) is 36.4 Å². The van der Waals surface area contributed by atoms with Crippen molar-refractivity contribution in [3.8, 4) is 23.0 Å². The third-order valence-electron chi connectivity index (χ3n) is 3.70. The molecule has 0 heterocycles. The lowest BCUT2D eigenvalue weighted by Gasteiger charge is -2.16. The maximum absolute atomic E-state index is 5.85. The molecule has 0 bridgehead atoms. The summed E-state index contributed by atoms with van der Waals surface area (Å²) in [6.07, 6.45) is 0.149. The first kappa shape index (κ1) is 18.9. The Morgan fingerprint density at radius 3 is 2.04 bits per heavy atom. The molecule has 0 saturated heterocycles. The lowest BCUT2D eigenvalue weighted by atomic mass is 10.1. The van der Waals surface area contributed by atoms with Gasteiger partial charge in [-0.25, -0.2) is 0 Å². The maximum atomic E-state index is 5.85. The zero-order chi connectivity index (χ0) is 18.2. The van der Waals surface area contributed by atoms with Crippen molar-refractivity contribution < 1.29 is 18.9 Å². The number of methoxy groups -OCH3 is 3. The zero-order valence-corrected chi connectivity index (χ0v) is 15.6. The summed E-state index contributed by atoms with van der Waals surface area (Å²) in [7, 11) is 4.84. The molecular formula is C20H27NO4. The number of nitrogens with one attached hydrogen (secondary N) is 1. The number of hydrogen-bond acceptors (Lipinski definition) is 5. The van der Waals surface area contributed by atoms with Gasteiger partial charge in [-0.1, -0.05) is 18.2 Å². The van der Waals surface area contributed by atoms with Crippen LogP contribution in [0.5, 0.6) is 23.0 Å². The van der Waals surface area contributed by atoms with E-state index in [2.05, 4.69) is 11.4 Å². The van der Waals surface area contributed by atoms with Crippen molar-refractivity contribution in [2.45, 2.75) is 33.0 Å². The molecule has 2 aromatic rings. The summed E-state index contributed by atoms with van der Waals surface area (Å²) >= 11 is 0. The van der Waals surface area contributed by atoms with Crippen LogP contribution in [0, 0.1) is 0 Å². The normalized spacial score (nSPS) is 10.6. The van der Waals surface area contributed by atoms with Crippen LogP contribution >= 0.6 is 0 Å². The first-order valence-electron chi connectivity index (χ1n) is 8.33. The number of benzene rings is 2. The van der Waals surface area contributed by atoms with Gasteiger partial charge in [-0.05, 0) is 37.6 Å². The molecular weight excluding hydrogens is 318 g/mol. The van der Waals surface area contributed by atoms with Crippen LogP contribution in [-0.4, -0.2) is 27.4 Å². The smallest absolute Gasteiger partial charge is 0.203 e. The topological polar surface area (TPSA) is 49.0 Å². The van der Waals surface area contributed by atoms with Crippen molar-refractivity contribution >= 4 is 0 Å². The van der Waals surface area contributed by atoms with Crippen LogP contribution in [0.3, 0.4) is 0 Å². The first-order valence-corrected chi connectivity index (χ1v) is 8.33. The molecule has 2 rings (SSSR count). The SMILES string of the molecule is COc1cc(CNCc2ccccc2OC(C)C)cc(OC)c1OC. The fourth-order valence-corrected chi connectivity index (χ4v) is 2.60. The number of hydrogen-bond donors (Lipinski definition) is 1. The van der Waals surface area contributed by atoms with Gasteiger partial charge in [0.15, 0.2) is 11.5 Å². The molecule has 2 aromatic carbocycles. The van der Waals surface area contributed by atoms with Crippen LogP contribution < -0.4 is 24.3 Å². The Kier molecular flexibility index (Phi) is 6.95. The van der Waals surface area contributed by atoms with E-state index in [0.717, 1.165) is 16.9 Å². The molecule has 0 radical (unpaired) electrons. The highest BCUT2D eigenvalue weighted by molar-refractivity contribution is 5.53. The van der Waals surface area contributed by atoms with Crippen molar-refractivity contribution in [3.63, 3.8) is 0 Å². The van der Waals surface area contributed by atoms with Crippen molar-refractivity contribution in [1.29, 1.82) is 0 Å². The van der Waals surface area contributed by atoms with Crippen molar-refractivity contribution in [2.24, 2.45) is 0 Å². The Hall–Kier alpha value is -2.40. The van der Waals surface area contributed by atoms with Crippen LogP contribution in [-0.2, 0) is 13.1 Å². The van der Waals surface area contributed by atoms with E-state index >= 15 is 0 Å². The van der Waals surface area contributed by atoms with E-state index in [4.69, 9.17) is 18.9 Å². The van der Waals surface area contributed by atoms with Gasteiger partial charge in [-0.2, -0.15) is 0 Å². The Labute approximate surface area is 149 Å². The van der Waals surface area contributed by atoms with E-state index < -0.39 is 0 Å². The van der Waals surface area contributed by atoms with Gasteiger partial charge in [-0.15, -0.1) is 0 Å². The van der Waals surface area contributed by atoms with Gasteiger partial charge in [0.2, 0.25) is 5.75 Å². The molecule has 0 fully saturated rings.